The topological polar surface area (TPSA) is 92.6 Å². The van der Waals surface area contributed by atoms with Crippen molar-refractivity contribution in [2.24, 2.45) is 0 Å². The lowest BCUT2D eigenvalue weighted by Gasteiger charge is -2.22. The zero-order valence-corrected chi connectivity index (χ0v) is 22.6. The van der Waals surface area contributed by atoms with Gasteiger partial charge in [0.15, 0.2) is 4.34 Å². The predicted molar refractivity (Wildman–Crippen MR) is 147 cm³/mol. The highest BCUT2D eigenvalue weighted by Gasteiger charge is 2.49. The van der Waals surface area contributed by atoms with Crippen LogP contribution in [0.2, 0.25) is 0 Å². The summed E-state index contributed by atoms with van der Waals surface area (Å²) < 4.78 is 35.4. The minimum absolute atomic E-state index is 0.0251. The number of benzene rings is 3. The second-order valence-electron chi connectivity index (χ2n) is 9.38. The molecule has 1 amide bonds. The van der Waals surface area contributed by atoms with Gasteiger partial charge in [0.1, 0.15) is 35.3 Å². The van der Waals surface area contributed by atoms with E-state index < -0.39 is 29.3 Å². The molecule has 202 valence electrons. The van der Waals surface area contributed by atoms with Gasteiger partial charge in [-0.25, -0.2) is 8.78 Å². The summed E-state index contributed by atoms with van der Waals surface area (Å²) >= 11 is 2.24. The van der Waals surface area contributed by atoms with Gasteiger partial charge < -0.3 is 9.84 Å². The van der Waals surface area contributed by atoms with Crippen LogP contribution in [0.5, 0.6) is 5.75 Å². The first kappa shape index (κ1) is 26.1. The van der Waals surface area contributed by atoms with Crippen LogP contribution in [0.15, 0.2) is 76.6 Å². The van der Waals surface area contributed by atoms with E-state index in [4.69, 9.17) is 4.74 Å². The monoisotopic (exact) mass is 577 g/mol. The van der Waals surface area contributed by atoms with Crippen molar-refractivity contribution in [3.05, 3.63) is 106 Å². The van der Waals surface area contributed by atoms with Gasteiger partial charge in [-0.2, -0.15) is 0 Å². The summed E-state index contributed by atoms with van der Waals surface area (Å²) in [5.41, 5.74) is 1.42. The number of nitrogens with zero attached hydrogens (tertiary/aromatic N) is 3. The van der Waals surface area contributed by atoms with E-state index in [9.17, 15) is 19.1 Å². The molecule has 4 aromatic rings. The first-order valence-electron chi connectivity index (χ1n) is 12.4. The molecular formula is C29H21F2N3O4S2. The van der Waals surface area contributed by atoms with Crippen molar-refractivity contribution in [1.82, 2.24) is 10.2 Å². The van der Waals surface area contributed by atoms with Crippen molar-refractivity contribution < 1.29 is 28.2 Å². The summed E-state index contributed by atoms with van der Waals surface area (Å²) in [4.78, 5) is 27.8. The molecule has 0 aliphatic carbocycles. The van der Waals surface area contributed by atoms with Crippen LogP contribution in [0.1, 0.15) is 35.2 Å². The molecule has 1 fully saturated rings. The maximum atomic E-state index is 15.2. The van der Waals surface area contributed by atoms with Crippen molar-refractivity contribution >= 4 is 45.7 Å². The van der Waals surface area contributed by atoms with Crippen LogP contribution in [0.25, 0.3) is 5.76 Å². The molecule has 0 saturated carbocycles. The minimum atomic E-state index is -1.28. The number of anilines is 1. The number of carbonyl (C=O) groups excluding carboxylic acids is 2. The van der Waals surface area contributed by atoms with Gasteiger partial charge in [-0.15, -0.1) is 10.2 Å². The molecule has 0 radical (unpaired) electrons. The Morgan fingerprint density at radius 1 is 1.07 bits per heavy atom. The average Bonchev–Trinajstić information content (AvgIpc) is 3.63. The summed E-state index contributed by atoms with van der Waals surface area (Å²) in [6.45, 7) is 1.92. The number of rotatable bonds is 6. The molecule has 2 aliphatic heterocycles. The lowest BCUT2D eigenvalue weighted by atomic mass is 9.94. The van der Waals surface area contributed by atoms with E-state index in [-0.39, 0.29) is 33.9 Å². The van der Waals surface area contributed by atoms with Gasteiger partial charge in [0.25, 0.3) is 5.78 Å². The van der Waals surface area contributed by atoms with E-state index in [1.165, 1.54) is 36.0 Å². The third kappa shape index (κ3) is 4.65. The van der Waals surface area contributed by atoms with Gasteiger partial charge in [0, 0.05) is 23.3 Å². The van der Waals surface area contributed by atoms with Crippen molar-refractivity contribution in [2.45, 2.75) is 35.6 Å². The fourth-order valence-corrected chi connectivity index (χ4v) is 6.71. The van der Waals surface area contributed by atoms with E-state index in [1.807, 2.05) is 6.92 Å². The number of ether oxygens (including phenoxy) is 1. The molecule has 0 bridgehead atoms. The van der Waals surface area contributed by atoms with E-state index in [0.717, 1.165) is 21.8 Å². The average molecular weight is 578 g/mol. The van der Waals surface area contributed by atoms with Gasteiger partial charge in [0.05, 0.1) is 5.57 Å². The molecule has 7 nitrogen and oxygen atoms in total. The Labute approximate surface area is 236 Å². The molecule has 1 saturated heterocycles. The van der Waals surface area contributed by atoms with Gasteiger partial charge in [0.2, 0.25) is 5.13 Å². The Hall–Kier alpha value is -4.09. The van der Waals surface area contributed by atoms with Crippen LogP contribution in [0.4, 0.5) is 13.9 Å². The molecule has 1 aromatic heterocycles. The second-order valence-corrected chi connectivity index (χ2v) is 11.6. The van der Waals surface area contributed by atoms with E-state index >= 15 is 4.39 Å². The van der Waals surface area contributed by atoms with Crippen LogP contribution in [0, 0.1) is 11.6 Å². The molecule has 2 atom stereocenters. The van der Waals surface area contributed by atoms with E-state index in [1.54, 1.807) is 42.5 Å². The first-order chi connectivity index (χ1) is 19.3. The number of fused-ring (bicyclic) bond motifs is 1. The van der Waals surface area contributed by atoms with Crippen molar-refractivity contribution in [3.8, 4) is 5.75 Å². The van der Waals surface area contributed by atoms with Gasteiger partial charge in [-0.1, -0.05) is 59.5 Å². The fraction of sp³-hybridized carbons (Fsp3) is 0.172. The Morgan fingerprint density at radius 3 is 2.60 bits per heavy atom. The molecule has 6 rings (SSSR count). The number of aliphatic hydroxyl groups is 1. The minimum Gasteiger partial charge on any atom is -0.507 e. The first-order valence-corrected chi connectivity index (χ1v) is 14.2. The molecule has 11 heteroatoms. The summed E-state index contributed by atoms with van der Waals surface area (Å²) in [5, 5.41) is 19.7. The highest BCUT2D eigenvalue weighted by molar-refractivity contribution is 8.00. The maximum Gasteiger partial charge on any atom is 0.301 e. The van der Waals surface area contributed by atoms with Gasteiger partial charge >= 0.3 is 5.91 Å². The Balaban J connectivity index is 1.40. The number of aromatic nitrogens is 2. The number of ketones is 1. The molecule has 0 unspecified atom stereocenters. The van der Waals surface area contributed by atoms with Crippen molar-refractivity contribution in [3.63, 3.8) is 0 Å². The summed E-state index contributed by atoms with van der Waals surface area (Å²) in [6.07, 6.45) is 0.596. The Bertz CT molecular complexity index is 1690. The zero-order chi connectivity index (χ0) is 28.0. The quantitative estimate of drug-likeness (QED) is 0.0980. The Morgan fingerprint density at radius 2 is 1.82 bits per heavy atom. The lowest BCUT2D eigenvalue weighted by molar-refractivity contribution is -0.132. The number of aliphatic hydroxyl groups excluding tert-OH is 1. The van der Waals surface area contributed by atoms with Crippen LogP contribution < -0.4 is 9.64 Å². The van der Waals surface area contributed by atoms with Crippen molar-refractivity contribution in [2.75, 3.05) is 4.90 Å². The number of halogens is 2. The van der Waals surface area contributed by atoms with Crippen LogP contribution >= 0.6 is 23.1 Å². The number of hydrogen-bond donors (Lipinski definition) is 1. The maximum absolute atomic E-state index is 15.2. The van der Waals surface area contributed by atoms with Crippen LogP contribution in [-0.4, -0.2) is 33.1 Å². The number of carbonyl (C=O) groups is 2. The lowest BCUT2D eigenvalue weighted by Crippen LogP contribution is -2.29. The summed E-state index contributed by atoms with van der Waals surface area (Å²) in [7, 11) is 0. The second kappa shape index (κ2) is 10.5. The standard InChI is InChI=1S/C29H21F2N3O4S2/c1-15-12-18-13-16(10-11-22(18)38-15)25(35)23-24(19-7-3-5-9-21(19)31)34(27(37)26(23)36)28-32-33-29(40-28)39-14-17-6-2-4-8-20(17)30/h2-11,13,15,24,35H,12,14H2,1H3/b25-23+/t15-,24-/m0/s1. The third-order valence-electron chi connectivity index (χ3n) is 6.72. The zero-order valence-electron chi connectivity index (χ0n) is 21.0. The molecule has 0 spiro atoms. The van der Waals surface area contributed by atoms with Crippen LogP contribution in [0.3, 0.4) is 0 Å². The van der Waals surface area contributed by atoms with Gasteiger partial charge in [-0.05, 0) is 48.4 Å². The molecule has 3 heterocycles. The number of amides is 1. The number of thioether (sulfide) groups is 1. The third-order valence-corrected chi connectivity index (χ3v) is 8.83. The molecule has 3 aromatic carbocycles. The molecule has 2 aliphatic rings. The summed E-state index contributed by atoms with van der Waals surface area (Å²) in [6, 6.07) is 15.8. The number of hydrogen-bond acceptors (Lipinski definition) is 8. The molecule has 40 heavy (non-hydrogen) atoms. The Kier molecular flexibility index (Phi) is 6.85. The SMILES string of the molecule is C[C@H]1Cc2cc(/C(O)=C3\C(=O)C(=O)N(c4nnc(SCc5ccccc5F)s4)[C@H]3c3ccccc3F)ccc2O1. The highest BCUT2D eigenvalue weighted by atomic mass is 32.2. The summed E-state index contributed by atoms with van der Waals surface area (Å²) in [5.74, 6) is -2.39. The number of Topliss-reactive ketones (excluding diaryl/α,β-unsaturated/α-hetero) is 1. The molecular weight excluding hydrogens is 556 g/mol. The smallest absolute Gasteiger partial charge is 0.301 e. The fourth-order valence-electron chi connectivity index (χ4n) is 4.86. The molecule has 1 N–H and O–H groups in total. The largest absolute Gasteiger partial charge is 0.507 e. The van der Waals surface area contributed by atoms with E-state index in [2.05, 4.69) is 10.2 Å². The predicted octanol–water partition coefficient (Wildman–Crippen LogP) is 6.06. The highest BCUT2D eigenvalue weighted by Crippen LogP contribution is 2.45. The van der Waals surface area contributed by atoms with E-state index in [0.29, 0.717) is 27.6 Å². The van der Waals surface area contributed by atoms with Gasteiger partial charge in [-0.3, -0.25) is 14.5 Å². The normalized spacial score (nSPS) is 19.6. The van der Waals surface area contributed by atoms with Crippen LogP contribution in [-0.2, 0) is 21.8 Å². The van der Waals surface area contributed by atoms with Crippen molar-refractivity contribution in [1.29, 1.82) is 0 Å².